The number of phenols is 4. The summed E-state index contributed by atoms with van der Waals surface area (Å²) in [6.07, 6.45) is 6.64. The van der Waals surface area contributed by atoms with E-state index in [0.29, 0.717) is 17.5 Å². The van der Waals surface area contributed by atoms with E-state index in [9.17, 15) is 25.2 Å². The second kappa shape index (κ2) is 11.0. The predicted molar refractivity (Wildman–Crippen MR) is 119 cm³/mol. The van der Waals surface area contributed by atoms with Crippen LogP contribution in [0.15, 0.2) is 30.3 Å². The Balaban J connectivity index is 1.69. The van der Waals surface area contributed by atoms with E-state index in [2.05, 4.69) is 6.92 Å². The van der Waals surface area contributed by atoms with Crippen molar-refractivity contribution in [1.82, 2.24) is 0 Å². The third-order valence-corrected chi connectivity index (χ3v) is 5.76. The fourth-order valence-electron chi connectivity index (χ4n) is 4.01. The van der Waals surface area contributed by atoms with Gasteiger partial charge in [-0.25, -0.2) is 0 Å². The summed E-state index contributed by atoms with van der Waals surface area (Å²) in [6.45, 7) is 2.18. The molecule has 0 fully saturated rings. The summed E-state index contributed by atoms with van der Waals surface area (Å²) in [5.41, 5.74) is 0.943. The molecule has 0 aromatic heterocycles. The van der Waals surface area contributed by atoms with Crippen molar-refractivity contribution in [3.63, 3.8) is 0 Å². The molecular weight excluding hydrogens is 412 g/mol. The van der Waals surface area contributed by atoms with Crippen LogP contribution >= 0.6 is 0 Å². The number of carbonyl (C=O) groups excluding carboxylic acids is 1. The van der Waals surface area contributed by atoms with Gasteiger partial charge in [0, 0.05) is 36.1 Å². The number of fused-ring (bicyclic) bond motifs is 1. The zero-order valence-electron chi connectivity index (χ0n) is 18.4. The van der Waals surface area contributed by atoms with Crippen LogP contribution in [0.25, 0.3) is 0 Å². The van der Waals surface area contributed by atoms with Gasteiger partial charge in [-0.3, -0.25) is 4.79 Å². The van der Waals surface area contributed by atoms with Gasteiger partial charge >= 0.3 is 5.97 Å². The topological polar surface area (TPSA) is 116 Å². The van der Waals surface area contributed by atoms with Gasteiger partial charge in [0.2, 0.25) is 0 Å². The number of carbonyl (C=O) groups is 1. The Hall–Kier alpha value is -3.09. The molecule has 0 saturated carbocycles. The van der Waals surface area contributed by atoms with Gasteiger partial charge in [-0.05, 0) is 18.6 Å². The molecule has 2 aromatic carbocycles. The molecule has 7 nitrogen and oxygen atoms in total. The summed E-state index contributed by atoms with van der Waals surface area (Å²) in [4.78, 5) is 12.5. The predicted octanol–water partition coefficient (Wildman–Crippen LogP) is 5.24. The van der Waals surface area contributed by atoms with Crippen LogP contribution in [0.4, 0.5) is 0 Å². The van der Waals surface area contributed by atoms with E-state index in [1.54, 1.807) is 6.07 Å². The summed E-state index contributed by atoms with van der Waals surface area (Å²) in [5, 5.41) is 39.6. The minimum Gasteiger partial charge on any atom is -0.508 e. The number of ether oxygens (including phenoxy) is 2. The molecule has 3 rings (SSSR count). The monoisotopic (exact) mass is 444 g/mol. The lowest BCUT2D eigenvalue weighted by Gasteiger charge is -2.34. The Bertz CT molecular complexity index is 925. The van der Waals surface area contributed by atoms with Gasteiger partial charge in [0.25, 0.3) is 0 Å². The summed E-state index contributed by atoms with van der Waals surface area (Å²) < 4.78 is 11.7. The highest BCUT2D eigenvalue weighted by Crippen LogP contribution is 2.43. The summed E-state index contributed by atoms with van der Waals surface area (Å²) in [7, 11) is 0. The van der Waals surface area contributed by atoms with Gasteiger partial charge < -0.3 is 29.9 Å². The van der Waals surface area contributed by atoms with Crippen molar-refractivity contribution in [3.8, 4) is 28.7 Å². The molecule has 0 aliphatic carbocycles. The highest BCUT2D eigenvalue weighted by molar-refractivity contribution is 5.69. The number of aromatic hydroxyl groups is 4. The SMILES string of the molecule is CCCCCCCCCC(=O)O[C@H]1Cc2c(O)cc(O)cc2O[C@H]1c1ccc(O)c(O)c1. The van der Waals surface area contributed by atoms with Crippen molar-refractivity contribution < 1.29 is 34.7 Å². The van der Waals surface area contributed by atoms with E-state index in [1.807, 2.05) is 0 Å². The smallest absolute Gasteiger partial charge is 0.306 e. The van der Waals surface area contributed by atoms with Gasteiger partial charge in [-0.15, -0.1) is 0 Å². The molecule has 0 unspecified atom stereocenters. The van der Waals surface area contributed by atoms with Crippen LogP contribution in [0, 0.1) is 0 Å². The van der Waals surface area contributed by atoms with E-state index in [0.717, 1.165) is 19.3 Å². The van der Waals surface area contributed by atoms with Crippen molar-refractivity contribution in [2.24, 2.45) is 0 Å². The first-order valence-electron chi connectivity index (χ1n) is 11.3. The largest absolute Gasteiger partial charge is 0.508 e. The van der Waals surface area contributed by atoms with Gasteiger partial charge in [0.1, 0.15) is 23.4 Å². The zero-order chi connectivity index (χ0) is 23.1. The molecule has 0 saturated heterocycles. The molecule has 2 atom stereocenters. The molecule has 1 heterocycles. The minimum atomic E-state index is -0.770. The third-order valence-electron chi connectivity index (χ3n) is 5.76. The van der Waals surface area contributed by atoms with Crippen LogP contribution in [0.3, 0.4) is 0 Å². The van der Waals surface area contributed by atoms with Gasteiger partial charge in [0.15, 0.2) is 17.6 Å². The summed E-state index contributed by atoms with van der Waals surface area (Å²) >= 11 is 0. The standard InChI is InChI=1S/C25H32O7/c1-2-3-4-5-6-7-8-9-24(30)31-23-15-18-20(28)13-17(26)14-22(18)32-25(23)16-10-11-19(27)21(29)12-16/h10-14,23,25-29H,2-9,15H2,1H3/t23-,25-/m0/s1. The Labute approximate surface area is 188 Å². The first-order valence-corrected chi connectivity index (χ1v) is 11.3. The molecule has 2 aromatic rings. The van der Waals surface area contributed by atoms with Gasteiger partial charge in [-0.1, -0.05) is 51.5 Å². The highest BCUT2D eigenvalue weighted by Gasteiger charge is 2.36. The van der Waals surface area contributed by atoms with E-state index < -0.39 is 12.2 Å². The highest BCUT2D eigenvalue weighted by atomic mass is 16.6. The molecular formula is C25H32O7. The molecule has 4 N–H and O–H groups in total. The maximum absolute atomic E-state index is 12.5. The van der Waals surface area contributed by atoms with Crippen molar-refractivity contribution >= 4 is 5.97 Å². The second-order valence-electron chi connectivity index (χ2n) is 8.33. The van der Waals surface area contributed by atoms with Crippen LogP contribution in [0.1, 0.15) is 75.5 Å². The third kappa shape index (κ3) is 5.99. The lowest BCUT2D eigenvalue weighted by molar-refractivity contribution is -0.155. The quantitative estimate of drug-likeness (QED) is 0.225. The molecule has 0 radical (unpaired) electrons. The van der Waals surface area contributed by atoms with Crippen LogP contribution in [0.2, 0.25) is 0 Å². The average molecular weight is 445 g/mol. The minimum absolute atomic E-state index is 0.139. The average Bonchev–Trinajstić information content (AvgIpc) is 2.75. The number of benzene rings is 2. The number of hydrogen-bond donors (Lipinski definition) is 4. The summed E-state index contributed by atoms with van der Waals surface area (Å²) in [5.74, 6) is -0.944. The van der Waals surface area contributed by atoms with Crippen molar-refractivity contribution in [2.75, 3.05) is 0 Å². The second-order valence-corrected chi connectivity index (χ2v) is 8.33. The van der Waals surface area contributed by atoms with Crippen LogP contribution in [-0.2, 0) is 16.0 Å². The molecule has 32 heavy (non-hydrogen) atoms. The molecule has 1 aliphatic rings. The van der Waals surface area contributed by atoms with E-state index in [4.69, 9.17) is 9.47 Å². The van der Waals surface area contributed by atoms with E-state index >= 15 is 0 Å². The Morgan fingerprint density at radius 3 is 2.38 bits per heavy atom. The molecule has 0 bridgehead atoms. The van der Waals surface area contributed by atoms with Crippen molar-refractivity contribution in [3.05, 3.63) is 41.5 Å². The number of hydrogen-bond acceptors (Lipinski definition) is 7. The number of rotatable bonds is 10. The fourth-order valence-corrected chi connectivity index (χ4v) is 4.01. The Morgan fingerprint density at radius 2 is 1.66 bits per heavy atom. The van der Waals surface area contributed by atoms with Gasteiger partial charge in [-0.2, -0.15) is 0 Å². The van der Waals surface area contributed by atoms with Crippen LogP contribution in [0.5, 0.6) is 28.7 Å². The molecule has 1 aliphatic heterocycles. The van der Waals surface area contributed by atoms with E-state index in [1.165, 1.54) is 49.9 Å². The van der Waals surface area contributed by atoms with Gasteiger partial charge in [0.05, 0.1) is 0 Å². The zero-order valence-corrected chi connectivity index (χ0v) is 18.4. The van der Waals surface area contributed by atoms with Crippen molar-refractivity contribution in [1.29, 1.82) is 0 Å². The lowest BCUT2D eigenvalue weighted by Crippen LogP contribution is -2.34. The molecule has 174 valence electrons. The lowest BCUT2D eigenvalue weighted by atomic mass is 9.93. The van der Waals surface area contributed by atoms with Crippen LogP contribution in [-0.4, -0.2) is 32.5 Å². The first-order chi connectivity index (χ1) is 15.4. The maximum Gasteiger partial charge on any atom is 0.306 e. The Kier molecular flexibility index (Phi) is 8.09. The number of unbranched alkanes of at least 4 members (excludes halogenated alkanes) is 6. The molecule has 0 spiro atoms. The number of esters is 1. The van der Waals surface area contributed by atoms with Crippen molar-refractivity contribution in [2.45, 2.75) is 76.9 Å². The molecule has 7 heteroatoms. The van der Waals surface area contributed by atoms with Crippen LogP contribution < -0.4 is 4.74 Å². The van der Waals surface area contributed by atoms with E-state index in [-0.39, 0.29) is 41.1 Å². The maximum atomic E-state index is 12.5. The molecule has 0 amide bonds. The first kappa shape index (κ1) is 23.6. The Morgan fingerprint density at radius 1 is 0.938 bits per heavy atom. The number of phenolic OH excluding ortho intramolecular Hbond substituents is 4. The summed E-state index contributed by atoms with van der Waals surface area (Å²) in [6, 6.07) is 6.86. The fraction of sp³-hybridized carbons (Fsp3) is 0.480. The normalized spacial score (nSPS) is 17.4.